The van der Waals surface area contributed by atoms with Crippen molar-refractivity contribution in [3.05, 3.63) is 71.2 Å². The number of carbonyl (C=O) groups excluding carboxylic acids is 2. The minimum atomic E-state index is -1.14. The molecule has 2 aromatic carbocycles. The molecule has 2 aliphatic rings. The molecule has 3 heterocycles. The van der Waals surface area contributed by atoms with Gasteiger partial charge in [0.1, 0.15) is 12.4 Å². The lowest BCUT2D eigenvalue weighted by molar-refractivity contribution is -0.165. The predicted molar refractivity (Wildman–Crippen MR) is 107 cm³/mol. The van der Waals surface area contributed by atoms with Crippen molar-refractivity contribution in [3.8, 4) is 0 Å². The van der Waals surface area contributed by atoms with Crippen molar-refractivity contribution < 1.29 is 14.0 Å². The van der Waals surface area contributed by atoms with Crippen LogP contribution in [0.4, 0.5) is 4.39 Å². The van der Waals surface area contributed by atoms with E-state index in [9.17, 15) is 14.0 Å². The van der Waals surface area contributed by atoms with Crippen LogP contribution in [-0.2, 0) is 21.5 Å². The van der Waals surface area contributed by atoms with E-state index < -0.39 is 5.54 Å². The Balaban J connectivity index is 1.56. The van der Waals surface area contributed by atoms with Gasteiger partial charge in [-0.05, 0) is 42.7 Å². The fourth-order valence-corrected chi connectivity index (χ4v) is 4.37. The zero-order chi connectivity index (χ0) is 20.2. The molecule has 2 amide bonds. The lowest BCUT2D eigenvalue weighted by Gasteiger charge is -2.48. The second-order valence-electron chi connectivity index (χ2n) is 7.55. The maximum absolute atomic E-state index is 13.5. The summed E-state index contributed by atoms with van der Waals surface area (Å²) in [6, 6.07) is 13.7. The minimum Gasteiger partial charge on any atom is -0.356 e. The van der Waals surface area contributed by atoms with E-state index in [1.165, 1.54) is 23.4 Å². The van der Waals surface area contributed by atoms with E-state index in [0.29, 0.717) is 18.5 Å². The molecule has 0 saturated carbocycles. The van der Waals surface area contributed by atoms with Crippen LogP contribution in [0.1, 0.15) is 23.7 Å². The van der Waals surface area contributed by atoms with E-state index in [4.69, 9.17) is 0 Å². The van der Waals surface area contributed by atoms with E-state index >= 15 is 0 Å². The monoisotopic (exact) mass is 390 g/mol. The van der Waals surface area contributed by atoms with Crippen LogP contribution in [0.25, 0.3) is 10.9 Å². The number of nitrogens with zero attached hydrogens (tertiary/aromatic N) is 3. The molecule has 0 radical (unpaired) electrons. The number of rotatable bonds is 2. The number of aromatic amines is 1. The van der Waals surface area contributed by atoms with Crippen molar-refractivity contribution in [1.29, 1.82) is 0 Å². The number of H-pyrrole nitrogens is 1. The first kappa shape index (κ1) is 17.6. The summed E-state index contributed by atoms with van der Waals surface area (Å²) < 4.78 is 13.1. The average Bonchev–Trinajstić information content (AvgIpc) is 3.11. The molecule has 1 fully saturated rings. The van der Waals surface area contributed by atoms with Gasteiger partial charge in [0, 0.05) is 17.4 Å². The van der Waals surface area contributed by atoms with Crippen molar-refractivity contribution >= 4 is 28.9 Å². The fourth-order valence-electron chi connectivity index (χ4n) is 4.37. The summed E-state index contributed by atoms with van der Waals surface area (Å²) in [6.07, 6.45) is 2.17. The molecule has 0 bridgehead atoms. The molecule has 1 N–H and O–H groups in total. The molecule has 1 atom stereocenters. The van der Waals surface area contributed by atoms with Crippen LogP contribution in [0.2, 0.25) is 0 Å². The van der Waals surface area contributed by atoms with Crippen molar-refractivity contribution in [2.24, 2.45) is 5.10 Å². The van der Waals surface area contributed by atoms with E-state index in [1.807, 2.05) is 24.3 Å². The van der Waals surface area contributed by atoms with Gasteiger partial charge in [-0.1, -0.05) is 30.3 Å². The highest BCUT2D eigenvalue weighted by molar-refractivity contribution is 6.01. The van der Waals surface area contributed by atoms with Crippen molar-refractivity contribution in [2.45, 2.75) is 18.9 Å². The lowest BCUT2D eigenvalue weighted by atomic mass is 9.83. The molecule has 1 aromatic heterocycles. The molecule has 6 nitrogen and oxygen atoms in total. The van der Waals surface area contributed by atoms with Crippen LogP contribution in [0.5, 0.6) is 0 Å². The highest BCUT2D eigenvalue weighted by Gasteiger charge is 2.54. The Labute approximate surface area is 166 Å². The number of halogens is 1. The van der Waals surface area contributed by atoms with Gasteiger partial charge in [0.15, 0.2) is 5.54 Å². The maximum atomic E-state index is 13.5. The Hall–Kier alpha value is -3.48. The highest BCUT2D eigenvalue weighted by Crippen LogP contribution is 2.41. The quantitative estimate of drug-likeness (QED) is 0.684. The summed E-state index contributed by atoms with van der Waals surface area (Å²) in [5, 5.41) is 6.54. The lowest BCUT2D eigenvalue weighted by Crippen LogP contribution is -2.65. The van der Waals surface area contributed by atoms with E-state index in [2.05, 4.69) is 10.1 Å². The molecule has 2 aliphatic heterocycles. The normalized spacial score (nSPS) is 21.7. The van der Waals surface area contributed by atoms with E-state index in [-0.39, 0.29) is 24.2 Å². The summed E-state index contributed by atoms with van der Waals surface area (Å²) in [5.74, 6) is -0.751. The van der Waals surface area contributed by atoms with Gasteiger partial charge in [0.05, 0.1) is 11.9 Å². The van der Waals surface area contributed by atoms with Gasteiger partial charge in [-0.15, -0.1) is 0 Å². The average molecular weight is 390 g/mol. The zero-order valence-corrected chi connectivity index (χ0v) is 15.9. The number of hydrogen-bond donors (Lipinski definition) is 1. The van der Waals surface area contributed by atoms with Crippen LogP contribution < -0.4 is 0 Å². The molecule has 0 unspecified atom stereocenters. The van der Waals surface area contributed by atoms with Gasteiger partial charge in [0.25, 0.3) is 5.91 Å². The third kappa shape index (κ3) is 2.57. The summed E-state index contributed by atoms with van der Waals surface area (Å²) in [7, 11) is 0. The summed E-state index contributed by atoms with van der Waals surface area (Å²) in [6.45, 7) is 2.16. The standard InChI is InChI=1S/C22H19FN4O2/c1-22-20-17(16-4-2-3-5-18(16)25-20)10-11-26(22)19(28)13-27(21(22)29)24-12-14-6-8-15(23)9-7-14/h2-9,12,25H,10-11,13H2,1H3/b24-12+/t22-/m1/s1. The smallest absolute Gasteiger partial charge is 0.275 e. The number of hydrazone groups is 1. The van der Waals surface area contributed by atoms with Crippen LogP contribution in [0, 0.1) is 5.82 Å². The number of aromatic nitrogens is 1. The first-order valence-electron chi connectivity index (χ1n) is 9.50. The van der Waals surface area contributed by atoms with Gasteiger partial charge in [-0.25, -0.2) is 9.40 Å². The molecule has 0 aliphatic carbocycles. The molecular formula is C22H19FN4O2. The van der Waals surface area contributed by atoms with Gasteiger partial charge >= 0.3 is 0 Å². The largest absolute Gasteiger partial charge is 0.356 e. The van der Waals surface area contributed by atoms with Crippen molar-refractivity contribution in [3.63, 3.8) is 0 Å². The number of benzene rings is 2. The molecule has 3 aromatic rings. The molecule has 0 spiro atoms. The highest BCUT2D eigenvalue weighted by atomic mass is 19.1. The van der Waals surface area contributed by atoms with Gasteiger partial charge < -0.3 is 9.88 Å². The number of fused-ring (bicyclic) bond motifs is 5. The van der Waals surface area contributed by atoms with E-state index in [0.717, 1.165) is 22.2 Å². The van der Waals surface area contributed by atoms with Crippen LogP contribution in [0.3, 0.4) is 0 Å². The van der Waals surface area contributed by atoms with Gasteiger partial charge in [-0.2, -0.15) is 5.10 Å². The second kappa shape index (κ2) is 6.27. The molecule has 146 valence electrons. The molecule has 7 heteroatoms. The first-order chi connectivity index (χ1) is 14.0. The molecule has 29 heavy (non-hydrogen) atoms. The summed E-state index contributed by atoms with van der Waals surface area (Å²) in [4.78, 5) is 31.4. The third-order valence-corrected chi connectivity index (χ3v) is 5.88. The Bertz CT molecular complexity index is 1170. The summed E-state index contributed by atoms with van der Waals surface area (Å²) >= 11 is 0. The van der Waals surface area contributed by atoms with Crippen molar-refractivity contribution in [1.82, 2.24) is 14.9 Å². The van der Waals surface area contributed by atoms with E-state index in [1.54, 1.807) is 24.0 Å². The molecule has 5 rings (SSSR count). The zero-order valence-electron chi connectivity index (χ0n) is 15.9. The fraction of sp³-hybridized carbons (Fsp3) is 0.227. The number of piperazine rings is 1. The second-order valence-corrected chi connectivity index (χ2v) is 7.55. The van der Waals surface area contributed by atoms with Gasteiger partial charge in [0.2, 0.25) is 5.91 Å². The molecular weight excluding hydrogens is 371 g/mol. The number of hydrogen-bond acceptors (Lipinski definition) is 3. The number of para-hydroxylation sites is 1. The predicted octanol–water partition coefficient (Wildman–Crippen LogP) is 2.78. The number of amides is 2. The minimum absolute atomic E-state index is 0.109. The Morgan fingerprint density at radius 1 is 1.14 bits per heavy atom. The Morgan fingerprint density at radius 3 is 2.69 bits per heavy atom. The maximum Gasteiger partial charge on any atom is 0.275 e. The first-order valence-corrected chi connectivity index (χ1v) is 9.50. The topological polar surface area (TPSA) is 68.8 Å². The van der Waals surface area contributed by atoms with Crippen LogP contribution in [-0.4, -0.2) is 46.0 Å². The number of carbonyl (C=O) groups is 2. The third-order valence-electron chi connectivity index (χ3n) is 5.88. The van der Waals surface area contributed by atoms with Crippen LogP contribution >= 0.6 is 0 Å². The Kier molecular flexibility index (Phi) is 3.81. The van der Waals surface area contributed by atoms with Gasteiger partial charge in [-0.3, -0.25) is 9.59 Å². The number of nitrogens with one attached hydrogen (secondary N) is 1. The Morgan fingerprint density at radius 2 is 1.90 bits per heavy atom. The molecule has 1 saturated heterocycles. The summed E-state index contributed by atoms with van der Waals surface area (Å²) in [5.41, 5.74) is 2.29. The SMILES string of the molecule is C[C@@]12C(=O)N(/N=C/c3ccc(F)cc3)CC(=O)N1CCc1c2[nH]c2ccccc12. The van der Waals surface area contributed by atoms with Crippen molar-refractivity contribution in [2.75, 3.05) is 13.1 Å². The van der Waals surface area contributed by atoms with Crippen LogP contribution in [0.15, 0.2) is 53.6 Å².